The van der Waals surface area contributed by atoms with Gasteiger partial charge in [0.25, 0.3) is 0 Å². The molecule has 1 N–H and O–H groups in total. The highest BCUT2D eigenvalue weighted by molar-refractivity contribution is 4.94. The van der Waals surface area contributed by atoms with E-state index in [1.165, 1.54) is 128 Å². The van der Waals surface area contributed by atoms with E-state index in [0.717, 1.165) is 6.54 Å². The highest BCUT2D eigenvalue weighted by atomic mass is 14.8. The van der Waals surface area contributed by atoms with E-state index in [1.807, 2.05) is 0 Å². The molecule has 0 aromatic rings. The third kappa shape index (κ3) is 23.7. The molecule has 0 aromatic carbocycles. The Morgan fingerprint density at radius 3 is 1.23 bits per heavy atom. The topological polar surface area (TPSA) is 12.0 Å². The van der Waals surface area contributed by atoms with Gasteiger partial charge in [0.15, 0.2) is 0 Å². The van der Waals surface area contributed by atoms with Crippen LogP contribution in [0.1, 0.15) is 136 Å². The Labute approximate surface area is 166 Å². The Morgan fingerprint density at radius 1 is 0.538 bits per heavy atom. The molecule has 0 atom stereocenters. The first-order chi connectivity index (χ1) is 12.8. The van der Waals surface area contributed by atoms with E-state index in [0.29, 0.717) is 0 Å². The summed E-state index contributed by atoms with van der Waals surface area (Å²) >= 11 is 0. The van der Waals surface area contributed by atoms with E-state index in [1.54, 1.807) is 0 Å². The molecule has 0 aliphatic carbocycles. The first-order valence-electron chi connectivity index (χ1n) is 12.1. The zero-order valence-electron chi connectivity index (χ0n) is 18.7. The van der Waals surface area contributed by atoms with Crippen molar-refractivity contribution in [2.45, 2.75) is 136 Å². The average Bonchev–Trinajstić information content (AvgIpc) is 2.62. The van der Waals surface area contributed by atoms with Crippen LogP contribution in [0.5, 0.6) is 0 Å². The van der Waals surface area contributed by atoms with Crippen molar-refractivity contribution < 1.29 is 0 Å². The van der Waals surface area contributed by atoms with Crippen LogP contribution in [0.4, 0.5) is 0 Å². The standard InChI is InChI=1S/C25H51N/c1-4-5-6-7-8-9-10-11-12-13-14-15-16-17-18-19-20-21-23-26-24-22-25(2)3/h22,26H,4-21,23-24H2,1-3H3. The number of rotatable bonds is 21. The van der Waals surface area contributed by atoms with E-state index in [4.69, 9.17) is 0 Å². The van der Waals surface area contributed by atoms with Crippen LogP contribution in [0.15, 0.2) is 11.6 Å². The molecule has 0 fully saturated rings. The third-order valence-electron chi connectivity index (χ3n) is 5.36. The molecular formula is C25H51N. The Hall–Kier alpha value is -0.300. The van der Waals surface area contributed by atoms with Gasteiger partial charge in [-0.15, -0.1) is 0 Å². The maximum atomic E-state index is 3.49. The van der Waals surface area contributed by atoms with Crippen molar-refractivity contribution in [1.29, 1.82) is 0 Å². The van der Waals surface area contributed by atoms with Gasteiger partial charge in [-0.3, -0.25) is 0 Å². The van der Waals surface area contributed by atoms with Crippen molar-refractivity contribution in [2.24, 2.45) is 0 Å². The van der Waals surface area contributed by atoms with Gasteiger partial charge in [-0.1, -0.05) is 128 Å². The van der Waals surface area contributed by atoms with Crippen molar-refractivity contribution >= 4 is 0 Å². The van der Waals surface area contributed by atoms with Gasteiger partial charge in [-0.25, -0.2) is 0 Å². The van der Waals surface area contributed by atoms with E-state index in [9.17, 15) is 0 Å². The predicted octanol–water partition coefficient (Wildman–Crippen LogP) is 8.58. The van der Waals surface area contributed by atoms with Gasteiger partial charge in [-0.05, 0) is 26.8 Å². The van der Waals surface area contributed by atoms with Crippen LogP contribution in [0.2, 0.25) is 0 Å². The fraction of sp³-hybridized carbons (Fsp3) is 0.920. The first-order valence-corrected chi connectivity index (χ1v) is 12.1. The largest absolute Gasteiger partial charge is 0.313 e. The van der Waals surface area contributed by atoms with Crippen LogP contribution in [-0.2, 0) is 0 Å². The van der Waals surface area contributed by atoms with E-state index in [-0.39, 0.29) is 0 Å². The molecule has 26 heavy (non-hydrogen) atoms. The van der Waals surface area contributed by atoms with Gasteiger partial charge in [-0.2, -0.15) is 0 Å². The molecule has 0 amide bonds. The second-order valence-electron chi connectivity index (χ2n) is 8.50. The molecule has 0 aliphatic heterocycles. The van der Waals surface area contributed by atoms with Gasteiger partial charge < -0.3 is 5.32 Å². The van der Waals surface area contributed by atoms with Gasteiger partial charge in [0, 0.05) is 6.54 Å². The van der Waals surface area contributed by atoms with Crippen LogP contribution < -0.4 is 5.32 Å². The summed E-state index contributed by atoms with van der Waals surface area (Å²) < 4.78 is 0. The zero-order chi connectivity index (χ0) is 19.1. The number of allylic oxidation sites excluding steroid dienone is 1. The summed E-state index contributed by atoms with van der Waals surface area (Å²) in [6, 6.07) is 0. The molecule has 0 aliphatic rings. The normalized spacial score (nSPS) is 11.0. The minimum atomic E-state index is 1.04. The second kappa shape index (κ2) is 22.7. The lowest BCUT2D eigenvalue weighted by atomic mass is 10.0. The predicted molar refractivity (Wildman–Crippen MR) is 121 cm³/mol. The molecule has 0 unspecified atom stereocenters. The molecule has 0 rings (SSSR count). The lowest BCUT2D eigenvalue weighted by Gasteiger charge is -2.04. The minimum absolute atomic E-state index is 1.04. The molecule has 156 valence electrons. The number of nitrogens with one attached hydrogen (secondary N) is 1. The van der Waals surface area contributed by atoms with Gasteiger partial charge >= 0.3 is 0 Å². The van der Waals surface area contributed by atoms with Crippen LogP contribution in [0.3, 0.4) is 0 Å². The summed E-state index contributed by atoms with van der Waals surface area (Å²) in [5.41, 5.74) is 1.41. The van der Waals surface area contributed by atoms with Gasteiger partial charge in [0.05, 0.1) is 0 Å². The highest BCUT2D eigenvalue weighted by Gasteiger charge is 1.95. The number of hydrogen-bond acceptors (Lipinski definition) is 1. The molecule has 0 spiro atoms. The summed E-state index contributed by atoms with van der Waals surface area (Å²) in [6.45, 7) is 8.85. The maximum Gasteiger partial charge on any atom is 0.0137 e. The Bertz CT molecular complexity index is 278. The summed E-state index contributed by atoms with van der Waals surface area (Å²) in [6.07, 6.45) is 28.4. The quantitative estimate of drug-likeness (QED) is 0.159. The molecule has 0 saturated heterocycles. The van der Waals surface area contributed by atoms with Crippen LogP contribution >= 0.6 is 0 Å². The molecule has 0 saturated carbocycles. The van der Waals surface area contributed by atoms with Crippen LogP contribution in [0.25, 0.3) is 0 Å². The fourth-order valence-electron chi connectivity index (χ4n) is 3.53. The summed E-state index contributed by atoms with van der Waals surface area (Å²) in [5.74, 6) is 0. The molecule has 0 bridgehead atoms. The van der Waals surface area contributed by atoms with Crippen molar-refractivity contribution in [2.75, 3.05) is 13.1 Å². The fourth-order valence-corrected chi connectivity index (χ4v) is 3.53. The molecule has 1 heteroatoms. The molecular weight excluding hydrogens is 314 g/mol. The van der Waals surface area contributed by atoms with Crippen molar-refractivity contribution in [3.05, 3.63) is 11.6 Å². The number of unbranched alkanes of at least 4 members (excludes halogenated alkanes) is 17. The van der Waals surface area contributed by atoms with Crippen LogP contribution in [-0.4, -0.2) is 13.1 Å². The summed E-state index contributed by atoms with van der Waals surface area (Å²) in [7, 11) is 0. The third-order valence-corrected chi connectivity index (χ3v) is 5.36. The van der Waals surface area contributed by atoms with Gasteiger partial charge in [0.2, 0.25) is 0 Å². The molecule has 0 heterocycles. The smallest absolute Gasteiger partial charge is 0.0137 e. The minimum Gasteiger partial charge on any atom is -0.313 e. The SMILES string of the molecule is CCCCCCCCCCCCCCCCCCCCNCC=C(C)C. The zero-order valence-corrected chi connectivity index (χ0v) is 18.7. The van der Waals surface area contributed by atoms with E-state index in [2.05, 4.69) is 32.2 Å². The maximum absolute atomic E-state index is 3.49. The average molecular weight is 366 g/mol. The van der Waals surface area contributed by atoms with E-state index < -0.39 is 0 Å². The Kier molecular flexibility index (Phi) is 22.5. The summed E-state index contributed by atoms with van der Waals surface area (Å²) in [4.78, 5) is 0. The van der Waals surface area contributed by atoms with Crippen molar-refractivity contribution in [3.63, 3.8) is 0 Å². The monoisotopic (exact) mass is 365 g/mol. The lowest BCUT2D eigenvalue weighted by Crippen LogP contribution is -2.15. The van der Waals surface area contributed by atoms with Crippen molar-refractivity contribution in [1.82, 2.24) is 5.32 Å². The van der Waals surface area contributed by atoms with Gasteiger partial charge in [0.1, 0.15) is 0 Å². The number of hydrogen-bond donors (Lipinski definition) is 1. The Morgan fingerprint density at radius 2 is 0.885 bits per heavy atom. The highest BCUT2D eigenvalue weighted by Crippen LogP contribution is 2.14. The van der Waals surface area contributed by atoms with Crippen molar-refractivity contribution in [3.8, 4) is 0 Å². The second-order valence-corrected chi connectivity index (χ2v) is 8.50. The molecule has 0 radical (unpaired) electrons. The molecule has 1 nitrogen and oxygen atoms in total. The summed E-state index contributed by atoms with van der Waals surface area (Å²) in [5, 5.41) is 3.49. The lowest BCUT2D eigenvalue weighted by molar-refractivity contribution is 0.523. The van der Waals surface area contributed by atoms with Crippen LogP contribution in [0, 0.1) is 0 Å². The first kappa shape index (κ1) is 25.7. The van der Waals surface area contributed by atoms with E-state index >= 15 is 0 Å². The Balaban J connectivity index is 3.00. The molecule has 0 aromatic heterocycles.